The molecule has 7 nitrogen and oxygen atoms in total. The van der Waals surface area contributed by atoms with Gasteiger partial charge in [-0.25, -0.2) is 9.97 Å². The van der Waals surface area contributed by atoms with E-state index in [1.807, 2.05) is 29.5 Å². The van der Waals surface area contributed by atoms with Crippen molar-refractivity contribution in [2.45, 2.75) is 0 Å². The Morgan fingerprint density at radius 2 is 1.08 bits per heavy atom. The number of aromatic nitrogens is 4. The number of hydrogen-bond donors (Lipinski definition) is 0. The quantitative estimate of drug-likeness (QED) is 0.177. The molecule has 16 rings (SSSR count). The van der Waals surface area contributed by atoms with E-state index in [9.17, 15) is 0 Å². The lowest BCUT2D eigenvalue weighted by atomic mass is 9.94. The highest BCUT2D eigenvalue weighted by Crippen LogP contribution is 2.50. The highest BCUT2D eigenvalue weighted by molar-refractivity contribution is 7.27. The van der Waals surface area contributed by atoms with E-state index in [0.717, 1.165) is 77.4 Å². The van der Waals surface area contributed by atoms with Gasteiger partial charge in [-0.1, -0.05) is 97.1 Å². The number of rotatable bonds is 3. The number of furan rings is 1. The van der Waals surface area contributed by atoms with Crippen LogP contribution in [0.4, 0.5) is 0 Å². The van der Waals surface area contributed by atoms with Gasteiger partial charge in [0.2, 0.25) is 0 Å². The second-order valence-electron chi connectivity index (χ2n) is 17.3. The normalized spacial score (nSPS) is 12.5. The summed E-state index contributed by atoms with van der Waals surface area (Å²) in [5, 5.41) is 14.4. The van der Waals surface area contributed by atoms with Gasteiger partial charge >= 0.3 is 0 Å². The molecule has 0 atom stereocenters. The summed E-state index contributed by atoms with van der Waals surface area (Å²) in [4.78, 5) is 8.82. The standard InChI is InChI=1S/C58H30N4O3S/c1-2-10-39-38(9-1)53-43-26-31(16-25-51(43)66-58(53)54-41-11-3-5-14-46(41)61(55(39)54)32-17-22-44-49(27-32)63-29-59-44)34-12-7-13-37-35(34)21-24-47-52(37)42-20-19-40-36-8-4-6-15-48(36)65-57(40)56(42)62(47)33-18-23-45-50(28-33)64-30-60-45/h1-30H. The zero-order chi connectivity index (χ0) is 42.8. The first-order valence-corrected chi connectivity index (χ1v) is 22.8. The number of fused-ring (bicyclic) bond motifs is 21. The molecule has 0 amide bonds. The van der Waals surface area contributed by atoms with Gasteiger partial charge in [0.05, 0.1) is 33.4 Å². The maximum atomic E-state index is 6.76. The third kappa shape index (κ3) is 4.45. The fourth-order valence-electron chi connectivity index (χ4n) is 11.2. The smallest absolute Gasteiger partial charge is 0.181 e. The zero-order valence-corrected chi connectivity index (χ0v) is 35.6. The largest absolute Gasteiger partial charge is 0.454 e. The highest BCUT2D eigenvalue weighted by Gasteiger charge is 2.24. The third-order valence-electron chi connectivity index (χ3n) is 14.0. The Kier molecular flexibility index (Phi) is 6.58. The summed E-state index contributed by atoms with van der Waals surface area (Å²) < 4.78 is 25.7. The molecular weight excluding hydrogens is 833 g/mol. The molecule has 6 heterocycles. The van der Waals surface area contributed by atoms with Gasteiger partial charge in [0.15, 0.2) is 29.5 Å². The van der Waals surface area contributed by atoms with Crippen LogP contribution in [0.15, 0.2) is 196 Å². The lowest BCUT2D eigenvalue weighted by Crippen LogP contribution is -1.94. The van der Waals surface area contributed by atoms with E-state index >= 15 is 0 Å². The number of benzene rings is 10. The fraction of sp³-hybridized carbons (Fsp3) is 0. The van der Waals surface area contributed by atoms with Crippen molar-refractivity contribution < 1.29 is 13.3 Å². The SMILES string of the molecule is c1ccc2c(c1)oc1c2ccc2c3c4cccc(-c5ccc6sc7c(c6c5)c5ccccc5c5c7c6ccccc6n5-c5ccc6ncoc6c5)c4ccc3n(-c3ccc4ncoc4c3)c21. The highest BCUT2D eigenvalue weighted by atomic mass is 32.1. The van der Waals surface area contributed by atoms with Crippen LogP contribution in [0.3, 0.4) is 0 Å². The van der Waals surface area contributed by atoms with Gasteiger partial charge in [-0.2, -0.15) is 0 Å². The molecule has 0 saturated heterocycles. The Bertz CT molecular complexity index is 4790. The Balaban J connectivity index is 0.966. The molecule has 0 fully saturated rings. The molecule has 16 aromatic rings. The average molecular weight is 863 g/mol. The summed E-state index contributed by atoms with van der Waals surface area (Å²) in [5.74, 6) is 0. The van der Waals surface area contributed by atoms with Crippen LogP contribution in [0.2, 0.25) is 0 Å². The van der Waals surface area contributed by atoms with Gasteiger partial charge in [0, 0.05) is 70.0 Å². The number of oxazole rings is 2. The second kappa shape index (κ2) is 12.5. The van der Waals surface area contributed by atoms with Crippen molar-refractivity contribution in [3.05, 3.63) is 183 Å². The van der Waals surface area contributed by atoms with Crippen molar-refractivity contribution in [2.24, 2.45) is 0 Å². The molecule has 66 heavy (non-hydrogen) atoms. The van der Waals surface area contributed by atoms with Crippen molar-refractivity contribution in [3.8, 4) is 22.5 Å². The third-order valence-corrected chi connectivity index (χ3v) is 15.2. The molecule has 0 bridgehead atoms. The van der Waals surface area contributed by atoms with E-state index in [0.29, 0.717) is 0 Å². The minimum atomic E-state index is 0.739. The number of para-hydroxylation sites is 2. The maximum Gasteiger partial charge on any atom is 0.181 e. The first-order valence-electron chi connectivity index (χ1n) is 22.0. The van der Waals surface area contributed by atoms with Crippen molar-refractivity contribution in [1.29, 1.82) is 0 Å². The lowest BCUT2D eigenvalue weighted by molar-refractivity contribution is 0.601. The van der Waals surface area contributed by atoms with Gasteiger partial charge in [-0.15, -0.1) is 11.3 Å². The van der Waals surface area contributed by atoms with Crippen molar-refractivity contribution >= 4 is 141 Å². The molecule has 0 saturated carbocycles. The van der Waals surface area contributed by atoms with Gasteiger partial charge in [-0.05, 0) is 87.9 Å². The summed E-state index contributed by atoms with van der Waals surface area (Å²) in [6, 6.07) is 61.4. The molecule has 0 aliphatic heterocycles. The van der Waals surface area contributed by atoms with E-state index in [1.165, 1.54) is 87.3 Å². The predicted molar refractivity (Wildman–Crippen MR) is 271 cm³/mol. The molecular formula is C58H30N4O3S. The summed E-state index contributed by atoms with van der Waals surface area (Å²) in [6.07, 6.45) is 3.03. The molecule has 0 spiro atoms. The molecule has 6 aromatic heterocycles. The molecule has 0 radical (unpaired) electrons. The Morgan fingerprint density at radius 1 is 0.409 bits per heavy atom. The summed E-state index contributed by atoms with van der Waals surface area (Å²) in [5.41, 5.74) is 13.8. The minimum Gasteiger partial charge on any atom is -0.454 e. The summed E-state index contributed by atoms with van der Waals surface area (Å²) in [7, 11) is 0. The van der Waals surface area contributed by atoms with Gasteiger partial charge in [-0.3, -0.25) is 0 Å². The minimum absolute atomic E-state index is 0.739. The number of nitrogens with zero attached hydrogens (tertiary/aromatic N) is 4. The zero-order valence-electron chi connectivity index (χ0n) is 34.7. The molecule has 0 aliphatic carbocycles. The monoisotopic (exact) mass is 862 g/mol. The Morgan fingerprint density at radius 3 is 1.89 bits per heavy atom. The molecule has 0 aliphatic rings. The van der Waals surface area contributed by atoms with Gasteiger partial charge < -0.3 is 22.4 Å². The molecule has 0 N–H and O–H groups in total. The van der Waals surface area contributed by atoms with Crippen LogP contribution in [0.1, 0.15) is 0 Å². The Labute approximate surface area is 376 Å². The number of hydrogen-bond acceptors (Lipinski definition) is 6. The van der Waals surface area contributed by atoms with Crippen LogP contribution in [0.5, 0.6) is 0 Å². The van der Waals surface area contributed by atoms with Crippen molar-refractivity contribution in [1.82, 2.24) is 19.1 Å². The van der Waals surface area contributed by atoms with Crippen LogP contribution in [-0.2, 0) is 0 Å². The molecule has 8 heteroatoms. The number of thiophene rings is 1. The van der Waals surface area contributed by atoms with E-state index in [1.54, 1.807) is 0 Å². The molecule has 306 valence electrons. The first-order chi connectivity index (χ1) is 32.7. The van der Waals surface area contributed by atoms with Crippen LogP contribution >= 0.6 is 11.3 Å². The van der Waals surface area contributed by atoms with Crippen LogP contribution in [0.25, 0.3) is 152 Å². The first kappa shape index (κ1) is 34.7. The second-order valence-corrected chi connectivity index (χ2v) is 18.3. The van der Waals surface area contributed by atoms with Crippen LogP contribution < -0.4 is 0 Å². The van der Waals surface area contributed by atoms with Crippen LogP contribution in [0, 0.1) is 0 Å². The van der Waals surface area contributed by atoms with Crippen molar-refractivity contribution in [3.63, 3.8) is 0 Å². The average Bonchev–Trinajstić information content (AvgIpc) is 4.23. The van der Waals surface area contributed by atoms with Crippen LogP contribution in [-0.4, -0.2) is 19.1 Å². The summed E-state index contributed by atoms with van der Waals surface area (Å²) in [6.45, 7) is 0. The van der Waals surface area contributed by atoms with Gasteiger partial charge in [0.25, 0.3) is 0 Å². The topological polar surface area (TPSA) is 75.1 Å². The molecule has 0 unspecified atom stereocenters. The fourth-order valence-corrected chi connectivity index (χ4v) is 12.5. The van der Waals surface area contributed by atoms with E-state index < -0.39 is 0 Å². The van der Waals surface area contributed by atoms with Gasteiger partial charge in [0.1, 0.15) is 16.6 Å². The van der Waals surface area contributed by atoms with E-state index in [2.05, 4.69) is 171 Å². The van der Waals surface area contributed by atoms with E-state index in [4.69, 9.17) is 13.3 Å². The Hall–Kier alpha value is -8.72. The van der Waals surface area contributed by atoms with Crippen molar-refractivity contribution in [2.75, 3.05) is 0 Å². The lowest BCUT2D eigenvalue weighted by Gasteiger charge is -2.12. The summed E-state index contributed by atoms with van der Waals surface area (Å²) >= 11 is 1.88. The predicted octanol–water partition coefficient (Wildman–Crippen LogP) is 16.4. The van der Waals surface area contributed by atoms with E-state index in [-0.39, 0.29) is 0 Å². The maximum absolute atomic E-state index is 6.76. The molecule has 10 aromatic carbocycles.